The summed E-state index contributed by atoms with van der Waals surface area (Å²) in [5, 5.41) is 0.740. The average Bonchev–Trinajstić information content (AvgIpc) is 3.20. The summed E-state index contributed by atoms with van der Waals surface area (Å²) in [6, 6.07) is 0. The highest BCUT2D eigenvalue weighted by Gasteiger charge is 2.33. The number of rotatable bonds is 8. The Morgan fingerprint density at radius 2 is 1.35 bits per heavy atom. The normalized spacial score (nSPS) is 29.9. The molecule has 4 unspecified atom stereocenters. The molecule has 2 heterocycles. The van der Waals surface area contributed by atoms with E-state index in [0.29, 0.717) is 32.9 Å². The lowest BCUT2D eigenvalue weighted by Crippen LogP contribution is -2.15. The zero-order chi connectivity index (χ0) is 16.7. The topological polar surface area (TPSA) is 52.6 Å². The molecule has 128 valence electrons. The monoisotopic (exact) mass is 392 g/mol. The molecule has 0 aromatic rings. The van der Waals surface area contributed by atoms with Gasteiger partial charge in [-0.2, -0.15) is 0 Å². The minimum atomic E-state index is -0.349. The van der Waals surface area contributed by atoms with E-state index in [4.69, 9.17) is 9.47 Å². The van der Waals surface area contributed by atoms with Gasteiger partial charge in [-0.15, -0.1) is 47.0 Å². The zero-order valence-corrected chi connectivity index (χ0v) is 15.9. The second kappa shape index (κ2) is 9.96. The number of hydrogen-bond acceptors (Lipinski definition) is 8. The maximum Gasteiger partial charge on any atom is 0.330 e. The molecule has 0 radical (unpaired) electrons. The van der Waals surface area contributed by atoms with Gasteiger partial charge in [-0.1, -0.05) is 13.2 Å². The standard InChI is InChI=1S/C15H20O4S4/c1-3-12(16)18-6-10-8-20-14(22-10)5-15-21-9-11(23-15)7-19-13(17)4-2/h3-4,10-11,14-15H,1-2,5-9H2. The Kier molecular flexibility index (Phi) is 8.29. The van der Waals surface area contributed by atoms with Gasteiger partial charge in [0.1, 0.15) is 13.2 Å². The van der Waals surface area contributed by atoms with Crippen LogP contribution in [0.3, 0.4) is 0 Å². The van der Waals surface area contributed by atoms with Gasteiger partial charge in [-0.25, -0.2) is 9.59 Å². The molecule has 0 aromatic heterocycles. The van der Waals surface area contributed by atoms with Gasteiger partial charge in [-0.05, 0) is 6.42 Å². The van der Waals surface area contributed by atoms with Crippen molar-refractivity contribution in [3.63, 3.8) is 0 Å². The molecule has 2 rings (SSSR count). The summed E-state index contributed by atoms with van der Waals surface area (Å²) in [6.45, 7) is 7.72. The molecule has 0 aromatic carbocycles. The fourth-order valence-electron chi connectivity index (χ4n) is 2.06. The van der Waals surface area contributed by atoms with Crippen molar-refractivity contribution in [2.75, 3.05) is 24.7 Å². The van der Waals surface area contributed by atoms with Gasteiger partial charge in [0.05, 0.1) is 9.16 Å². The third-order valence-electron chi connectivity index (χ3n) is 3.17. The van der Waals surface area contributed by atoms with E-state index in [0.717, 1.165) is 17.9 Å². The van der Waals surface area contributed by atoms with E-state index in [2.05, 4.69) is 13.2 Å². The van der Waals surface area contributed by atoms with Gasteiger partial charge in [0, 0.05) is 34.2 Å². The molecule has 4 nitrogen and oxygen atoms in total. The second-order valence-electron chi connectivity index (χ2n) is 4.95. The molecule has 0 aliphatic carbocycles. The third kappa shape index (κ3) is 6.68. The van der Waals surface area contributed by atoms with Crippen molar-refractivity contribution in [3.05, 3.63) is 25.3 Å². The zero-order valence-electron chi connectivity index (χ0n) is 12.7. The summed E-state index contributed by atoms with van der Waals surface area (Å²) >= 11 is 7.68. The van der Waals surface area contributed by atoms with Gasteiger partial charge < -0.3 is 9.47 Å². The van der Waals surface area contributed by atoms with E-state index < -0.39 is 0 Å². The largest absolute Gasteiger partial charge is 0.461 e. The lowest BCUT2D eigenvalue weighted by molar-refractivity contribution is -0.138. The quantitative estimate of drug-likeness (QED) is 0.461. The van der Waals surface area contributed by atoms with E-state index in [1.807, 2.05) is 47.0 Å². The Morgan fingerprint density at radius 3 is 1.74 bits per heavy atom. The minimum Gasteiger partial charge on any atom is -0.461 e. The van der Waals surface area contributed by atoms with Crippen molar-refractivity contribution in [1.29, 1.82) is 0 Å². The van der Waals surface area contributed by atoms with Gasteiger partial charge in [0.25, 0.3) is 0 Å². The van der Waals surface area contributed by atoms with Crippen LogP contribution in [0.5, 0.6) is 0 Å². The van der Waals surface area contributed by atoms with Crippen molar-refractivity contribution in [2.24, 2.45) is 0 Å². The van der Waals surface area contributed by atoms with Crippen molar-refractivity contribution in [2.45, 2.75) is 26.1 Å². The van der Waals surface area contributed by atoms with E-state index in [1.165, 1.54) is 12.2 Å². The van der Waals surface area contributed by atoms with E-state index in [1.54, 1.807) is 0 Å². The van der Waals surface area contributed by atoms with Gasteiger partial charge in [-0.3, -0.25) is 0 Å². The first-order valence-electron chi connectivity index (χ1n) is 7.23. The highest BCUT2D eigenvalue weighted by Crippen LogP contribution is 2.47. The number of hydrogen-bond donors (Lipinski definition) is 0. The number of carbonyl (C=O) groups is 2. The van der Waals surface area contributed by atoms with Crippen LogP contribution in [0.15, 0.2) is 25.3 Å². The molecule has 2 aliphatic rings. The molecule has 2 saturated heterocycles. The van der Waals surface area contributed by atoms with Crippen molar-refractivity contribution in [1.82, 2.24) is 0 Å². The first-order chi connectivity index (χ1) is 11.1. The highest BCUT2D eigenvalue weighted by atomic mass is 32.2. The second-order valence-corrected chi connectivity index (χ2v) is 11.0. The molecule has 8 heteroatoms. The average molecular weight is 393 g/mol. The molecule has 0 bridgehead atoms. The van der Waals surface area contributed by atoms with Crippen LogP contribution >= 0.6 is 47.0 Å². The number of thioether (sulfide) groups is 4. The molecule has 0 saturated carbocycles. The summed E-state index contributed by atoms with van der Waals surface area (Å²) in [6.07, 6.45) is 3.52. The smallest absolute Gasteiger partial charge is 0.330 e. The number of carbonyl (C=O) groups excluding carboxylic acids is 2. The van der Waals surface area contributed by atoms with Crippen molar-refractivity contribution < 1.29 is 19.1 Å². The Morgan fingerprint density at radius 1 is 0.913 bits per heavy atom. The number of ether oxygens (including phenoxy) is 2. The van der Waals surface area contributed by atoms with Crippen molar-refractivity contribution in [3.8, 4) is 0 Å². The first kappa shape index (κ1) is 19.1. The van der Waals surface area contributed by atoms with Gasteiger partial charge >= 0.3 is 11.9 Å². The molecule has 2 fully saturated rings. The van der Waals surface area contributed by atoms with Crippen LogP contribution < -0.4 is 0 Å². The lowest BCUT2D eigenvalue weighted by atomic mass is 10.5. The lowest BCUT2D eigenvalue weighted by Gasteiger charge is -2.14. The summed E-state index contributed by atoms with van der Waals surface area (Å²) < 4.78 is 11.3. The Bertz CT molecular complexity index is 417. The van der Waals surface area contributed by atoms with Crippen LogP contribution in [-0.4, -0.2) is 56.3 Å². The Labute approximate surface area is 154 Å². The summed E-state index contributed by atoms with van der Waals surface area (Å²) in [7, 11) is 0. The molecule has 2 aliphatic heterocycles. The molecular weight excluding hydrogens is 372 g/mol. The molecule has 23 heavy (non-hydrogen) atoms. The summed E-state index contributed by atoms with van der Waals surface area (Å²) in [5.74, 6) is 1.33. The summed E-state index contributed by atoms with van der Waals surface area (Å²) in [4.78, 5) is 22.2. The van der Waals surface area contributed by atoms with Crippen LogP contribution in [0.1, 0.15) is 6.42 Å². The Balaban J connectivity index is 1.63. The van der Waals surface area contributed by atoms with E-state index in [9.17, 15) is 9.59 Å². The molecule has 0 spiro atoms. The van der Waals surface area contributed by atoms with Gasteiger partial charge in [0.2, 0.25) is 0 Å². The predicted molar refractivity (Wildman–Crippen MR) is 102 cm³/mol. The van der Waals surface area contributed by atoms with Crippen LogP contribution in [0, 0.1) is 0 Å². The molecule has 0 N–H and O–H groups in total. The van der Waals surface area contributed by atoms with Crippen molar-refractivity contribution >= 4 is 59.0 Å². The predicted octanol–water partition coefficient (Wildman–Crippen LogP) is 3.18. The maximum atomic E-state index is 11.1. The van der Waals surface area contributed by atoms with E-state index >= 15 is 0 Å². The fourth-order valence-corrected chi connectivity index (χ4v) is 9.16. The molecule has 4 atom stereocenters. The Hall–Kier alpha value is -0.180. The maximum absolute atomic E-state index is 11.1. The first-order valence-corrected chi connectivity index (χ1v) is 11.2. The van der Waals surface area contributed by atoms with Gasteiger partial charge in [0.15, 0.2) is 0 Å². The van der Waals surface area contributed by atoms with Crippen LogP contribution in [-0.2, 0) is 19.1 Å². The van der Waals surface area contributed by atoms with Crippen LogP contribution in [0.4, 0.5) is 0 Å². The summed E-state index contributed by atoms with van der Waals surface area (Å²) in [5.41, 5.74) is 0. The van der Waals surface area contributed by atoms with E-state index in [-0.39, 0.29) is 11.9 Å². The third-order valence-corrected chi connectivity index (χ3v) is 9.76. The SMILES string of the molecule is C=CC(=O)OCC1CSC(CC2SCC(COC(=O)C=C)S2)S1. The van der Waals surface area contributed by atoms with Crippen LogP contribution in [0.25, 0.3) is 0 Å². The highest BCUT2D eigenvalue weighted by molar-refractivity contribution is 8.22. The fraction of sp³-hybridized carbons (Fsp3) is 0.600. The number of esters is 2. The molecule has 0 amide bonds. The van der Waals surface area contributed by atoms with Crippen LogP contribution in [0.2, 0.25) is 0 Å². The minimum absolute atomic E-state index is 0.349. The molecular formula is C15H20O4S4.